The Morgan fingerprint density at radius 2 is 1.38 bits per heavy atom. The number of carbonyl (C=O) groups is 3. The zero-order valence-electron chi connectivity index (χ0n) is 22.4. The number of esters is 1. The minimum absolute atomic E-state index is 0.00272. The maximum absolute atomic E-state index is 12.3. The first-order valence-corrected chi connectivity index (χ1v) is 13.6. The third-order valence-corrected chi connectivity index (χ3v) is 6.60. The van der Waals surface area contributed by atoms with Gasteiger partial charge in [-0.15, -0.1) is 10.2 Å². The number of aryl methyl sites for hydroxylation is 1. The van der Waals surface area contributed by atoms with Crippen molar-refractivity contribution in [3.8, 4) is 0 Å². The number of aromatic nitrogens is 3. The fourth-order valence-electron chi connectivity index (χ4n) is 3.44. The van der Waals surface area contributed by atoms with Crippen molar-refractivity contribution in [3.63, 3.8) is 0 Å². The van der Waals surface area contributed by atoms with Gasteiger partial charge in [-0.3, -0.25) is 24.2 Å². The van der Waals surface area contributed by atoms with E-state index in [1.807, 2.05) is 36.4 Å². The molecular formula is C28H33N5O5S. The molecule has 3 aromatic rings. The van der Waals surface area contributed by atoms with Crippen molar-refractivity contribution in [1.82, 2.24) is 15.2 Å². The Balaban J connectivity index is 1.39. The summed E-state index contributed by atoms with van der Waals surface area (Å²) < 4.78 is 5.00. The standard InChI is InChI=1S/C28H33N5O5S/c1-17(2)19-5-9-21(10-6-19)29-24(34)15-38-26(36)14-13-23-27(37)31-28(33-32-23)39-16-25(35)30-22-11-7-20(8-12-22)18(3)4/h5-12,17-18H,13-16H2,1-4H3,(H,29,34)(H,30,35)(H,31,33,37). The summed E-state index contributed by atoms with van der Waals surface area (Å²) in [5.74, 6) is -0.531. The van der Waals surface area contributed by atoms with Crippen LogP contribution in [0.5, 0.6) is 0 Å². The molecule has 1 aromatic heterocycles. The van der Waals surface area contributed by atoms with Crippen molar-refractivity contribution >= 4 is 40.9 Å². The molecule has 0 saturated heterocycles. The lowest BCUT2D eigenvalue weighted by Gasteiger charge is -2.09. The van der Waals surface area contributed by atoms with Crippen LogP contribution in [-0.4, -0.2) is 45.3 Å². The molecule has 11 heteroatoms. The highest BCUT2D eigenvalue weighted by atomic mass is 32.2. The number of hydrogen-bond donors (Lipinski definition) is 3. The van der Waals surface area contributed by atoms with Gasteiger partial charge >= 0.3 is 5.97 Å². The highest BCUT2D eigenvalue weighted by Gasteiger charge is 2.13. The molecule has 0 saturated carbocycles. The molecule has 0 fully saturated rings. The maximum Gasteiger partial charge on any atom is 0.306 e. The van der Waals surface area contributed by atoms with Gasteiger partial charge in [0, 0.05) is 17.8 Å². The largest absolute Gasteiger partial charge is 0.456 e. The van der Waals surface area contributed by atoms with Gasteiger partial charge in [-0.2, -0.15) is 0 Å². The number of amides is 2. The molecular weight excluding hydrogens is 518 g/mol. The molecule has 0 atom stereocenters. The molecule has 0 spiro atoms. The van der Waals surface area contributed by atoms with Gasteiger partial charge < -0.3 is 15.4 Å². The van der Waals surface area contributed by atoms with Crippen molar-refractivity contribution in [1.29, 1.82) is 0 Å². The topological polar surface area (TPSA) is 143 Å². The average Bonchev–Trinajstić information content (AvgIpc) is 2.91. The molecule has 0 bridgehead atoms. The Bertz CT molecular complexity index is 1340. The fraction of sp³-hybridized carbons (Fsp3) is 0.357. The van der Waals surface area contributed by atoms with Crippen molar-refractivity contribution in [2.24, 2.45) is 0 Å². The second kappa shape index (κ2) is 14.2. The first-order chi connectivity index (χ1) is 18.6. The Morgan fingerprint density at radius 3 is 1.90 bits per heavy atom. The van der Waals surface area contributed by atoms with Gasteiger partial charge in [0.05, 0.1) is 12.2 Å². The van der Waals surface area contributed by atoms with E-state index < -0.39 is 24.0 Å². The van der Waals surface area contributed by atoms with Crippen LogP contribution in [0.4, 0.5) is 11.4 Å². The summed E-state index contributed by atoms with van der Waals surface area (Å²) in [4.78, 5) is 51.2. The number of rotatable bonds is 12. The Morgan fingerprint density at radius 1 is 0.846 bits per heavy atom. The summed E-state index contributed by atoms with van der Waals surface area (Å²) >= 11 is 1.04. The SMILES string of the molecule is CC(C)c1ccc(NC(=O)COC(=O)CCc2nnc(SCC(=O)Nc3ccc(C(C)C)cc3)[nH]c2=O)cc1. The van der Waals surface area contributed by atoms with E-state index in [9.17, 15) is 19.2 Å². The van der Waals surface area contributed by atoms with Gasteiger partial charge in [-0.25, -0.2) is 0 Å². The number of aromatic amines is 1. The van der Waals surface area contributed by atoms with Crippen molar-refractivity contribution < 1.29 is 19.1 Å². The molecule has 3 N–H and O–H groups in total. The first kappa shape index (κ1) is 29.6. The summed E-state index contributed by atoms with van der Waals surface area (Å²) in [5, 5.41) is 13.5. The lowest BCUT2D eigenvalue weighted by molar-refractivity contribution is -0.147. The molecule has 10 nitrogen and oxygen atoms in total. The molecule has 0 aliphatic carbocycles. The summed E-state index contributed by atoms with van der Waals surface area (Å²) in [7, 11) is 0. The van der Waals surface area contributed by atoms with Crippen LogP contribution >= 0.6 is 11.8 Å². The predicted octanol–water partition coefficient (Wildman–Crippen LogP) is 4.26. The summed E-state index contributed by atoms with van der Waals surface area (Å²) in [6.07, 6.45) is -0.143. The van der Waals surface area contributed by atoms with Gasteiger partial charge in [0.1, 0.15) is 5.69 Å². The maximum atomic E-state index is 12.3. The molecule has 0 radical (unpaired) electrons. The molecule has 2 amide bonds. The third-order valence-electron chi connectivity index (χ3n) is 5.74. The Hall–Kier alpha value is -3.99. The van der Waals surface area contributed by atoms with Crippen LogP contribution in [0.2, 0.25) is 0 Å². The van der Waals surface area contributed by atoms with Crippen LogP contribution in [0.3, 0.4) is 0 Å². The van der Waals surface area contributed by atoms with Gasteiger partial charge in [0.25, 0.3) is 11.5 Å². The molecule has 1 heterocycles. The van der Waals surface area contributed by atoms with E-state index in [2.05, 4.69) is 53.5 Å². The summed E-state index contributed by atoms with van der Waals surface area (Å²) in [5.41, 5.74) is 3.17. The first-order valence-electron chi connectivity index (χ1n) is 12.6. The van der Waals surface area contributed by atoms with E-state index >= 15 is 0 Å². The van der Waals surface area contributed by atoms with Crippen LogP contribution < -0.4 is 16.2 Å². The van der Waals surface area contributed by atoms with E-state index in [0.717, 1.165) is 17.3 Å². The van der Waals surface area contributed by atoms with Crippen molar-refractivity contribution in [2.75, 3.05) is 23.0 Å². The molecule has 0 aliphatic heterocycles. The van der Waals surface area contributed by atoms with E-state index in [-0.39, 0.29) is 35.4 Å². The van der Waals surface area contributed by atoms with E-state index in [1.165, 1.54) is 5.56 Å². The monoisotopic (exact) mass is 551 g/mol. The Labute approximate surface area is 231 Å². The number of carbonyl (C=O) groups excluding carboxylic acids is 3. The zero-order valence-corrected chi connectivity index (χ0v) is 23.3. The van der Waals surface area contributed by atoms with E-state index in [1.54, 1.807) is 12.1 Å². The number of nitrogens with zero attached hydrogens (tertiary/aromatic N) is 2. The molecule has 206 valence electrons. The van der Waals surface area contributed by atoms with Crippen LogP contribution in [-0.2, 0) is 25.5 Å². The van der Waals surface area contributed by atoms with Gasteiger partial charge in [0.15, 0.2) is 11.8 Å². The molecule has 3 rings (SSSR count). The smallest absolute Gasteiger partial charge is 0.306 e. The van der Waals surface area contributed by atoms with Crippen LogP contribution in [0, 0.1) is 0 Å². The number of H-pyrrole nitrogens is 1. The highest BCUT2D eigenvalue weighted by molar-refractivity contribution is 7.99. The quantitative estimate of drug-likeness (QED) is 0.224. The number of benzene rings is 2. The van der Waals surface area contributed by atoms with Gasteiger partial charge in [-0.05, 0) is 47.2 Å². The molecule has 39 heavy (non-hydrogen) atoms. The number of hydrogen-bond acceptors (Lipinski definition) is 8. The minimum atomic E-state index is -0.641. The van der Waals surface area contributed by atoms with Crippen LogP contribution in [0.25, 0.3) is 0 Å². The second-order valence-corrected chi connectivity index (χ2v) is 10.5. The third kappa shape index (κ3) is 9.68. The minimum Gasteiger partial charge on any atom is -0.456 e. The molecule has 0 unspecified atom stereocenters. The Kier molecular flexibility index (Phi) is 10.8. The second-order valence-electron chi connectivity index (χ2n) is 9.51. The van der Waals surface area contributed by atoms with E-state index in [0.29, 0.717) is 23.2 Å². The number of anilines is 2. The number of ether oxygens (including phenoxy) is 1. The van der Waals surface area contributed by atoms with Gasteiger partial charge in [-0.1, -0.05) is 63.7 Å². The normalized spacial score (nSPS) is 10.9. The van der Waals surface area contributed by atoms with Crippen LogP contribution in [0.15, 0.2) is 58.5 Å². The number of nitrogens with one attached hydrogen (secondary N) is 3. The van der Waals surface area contributed by atoms with Gasteiger partial charge in [0.2, 0.25) is 5.91 Å². The summed E-state index contributed by atoms with van der Waals surface area (Å²) in [6.45, 7) is 7.91. The van der Waals surface area contributed by atoms with Crippen molar-refractivity contribution in [3.05, 3.63) is 75.7 Å². The molecule has 2 aromatic carbocycles. The lowest BCUT2D eigenvalue weighted by Crippen LogP contribution is -2.22. The molecule has 0 aliphatic rings. The predicted molar refractivity (Wildman–Crippen MR) is 151 cm³/mol. The highest BCUT2D eigenvalue weighted by Crippen LogP contribution is 2.18. The van der Waals surface area contributed by atoms with Crippen LogP contribution in [0.1, 0.15) is 62.8 Å². The summed E-state index contributed by atoms with van der Waals surface area (Å²) in [6, 6.07) is 15.1. The zero-order chi connectivity index (χ0) is 28.4. The lowest BCUT2D eigenvalue weighted by atomic mass is 10.0. The van der Waals surface area contributed by atoms with Crippen molar-refractivity contribution in [2.45, 2.75) is 57.5 Å². The fourth-order valence-corrected chi connectivity index (χ4v) is 4.05. The average molecular weight is 552 g/mol. The van der Waals surface area contributed by atoms with E-state index in [4.69, 9.17) is 4.74 Å². The number of thioether (sulfide) groups is 1.